The minimum atomic E-state index is -0.917. The molecule has 0 aromatic carbocycles. The maximum Gasteiger partial charge on any atom is 0.333 e. The summed E-state index contributed by atoms with van der Waals surface area (Å²) in [6.07, 6.45) is 7.63. The molecule has 1 aromatic rings. The predicted molar refractivity (Wildman–Crippen MR) is 94.1 cm³/mol. The van der Waals surface area contributed by atoms with E-state index >= 15 is 0 Å². The van der Waals surface area contributed by atoms with Gasteiger partial charge in [-0.15, -0.1) is 0 Å². The van der Waals surface area contributed by atoms with Crippen LogP contribution >= 0.6 is 0 Å². The van der Waals surface area contributed by atoms with Crippen LogP contribution in [0.2, 0.25) is 0 Å². The molecule has 138 valence electrons. The first-order valence-electron chi connectivity index (χ1n) is 9.14. The van der Waals surface area contributed by atoms with Gasteiger partial charge in [0.25, 0.3) is 0 Å². The number of hydrogen-bond donors (Lipinski definition) is 2. The molecule has 1 saturated carbocycles. The Morgan fingerprint density at radius 1 is 1.48 bits per heavy atom. The third kappa shape index (κ3) is 3.17. The Morgan fingerprint density at radius 2 is 2.28 bits per heavy atom. The number of amides is 1. The highest BCUT2D eigenvalue weighted by molar-refractivity contribution is 5.96. The fourth-order valence-electron chi connectivity index (χ4n) is 4.04. The van der Waals surface area contributed by atoms with Crippen LogP contribution in [0.25, 0.3) is 0 Å². The van der Waals surface area contributed by atoms with Crippen LogP contribution < -0.4 is 10.6 Å². The van der Waals surface area contributed by atoms with Crippen molar-refractivity contribution in [3.63, 3.8) is 0 Å². The van der Waals surface area contributed by atoms with Crippen LogP contribution in [0, 0.1) is 11.3 Å². The number of hydrogen-bond acceptors (Lipinski definition) is 5. The second-order valence-corrected chi connectivity index (χ2v) is 7.64. The average molecular weight is 348 g/mol. The van der Waals surface area contributed by atoms with Crippen molar-refractivity contribution >= 4 is 17.6 Å². The maximum atomic E-state index is 13.0. The lowest BCUT2D eigenvalue weighted by Crippen LogP contribution is -2.44. The van der Waals surface area contributed by atoms with Crippen LogP contribution in [-0.2, 0) is 19.9 Å². The largest absolute Gasteiger partial charge is 0.464 e. The summed E-state index contributed by atoms with van der Waals surface area (Å²) in [5.74, 6) is 0.130. The first kappa shape index (κ1) is 17.9. The maximum absolute atomic E-state index is 13.0. The molecule has 1 saturated heterocycles. The van der Waals surface area contributed by atoms with E-state index in [9.17, 15) is 9.59 Å². The highest BCUT2D eigenvalue weighted by atomic mass is 16.5. The summed E-state index contributed by atoms with van der Waals surface area (Å²) in [6.45, 7) is 7.26. The highest BCUT2D eigenvalue weighted by Gasteiger charge is 2.49. The molecule has 3 rings (SSSR count). The van der Waals surface area contributed by atoms with E-state index in [0.717, 1.165) is 32.4 Å². The summed E-state index contributed by atoms with van der Waals surface area (Å²) in [7, 11) is 0. The number of rotatable bonds is 5. The summed E-state index contributed by atoms with van der Waals surface area (Å²) < 4.78 is 6.65. The van der Waals surface area contributed by atoms with E-state index in [4.69, 9.17) is 4.74 Å². The Kier molecular flexibility index (Phi) is 4.86. The zero-order valence-electron chi connectivity index (χ0n) is 15.3. The summed E-state index contributed by atoms with van der Waals surface area (Å²) in [5, 5.41) is 10.7. The predicted octanol–water partition coefficient (Wildman–Crippen LogP) is 1.90. The SMILES string of the molecule is CCOC(=O)C(C)(C)n1cc(NC(=O)[C@@]23CCCC[C@H]2CNC3)cn1. The van der Waals surface area contributed by atoms with Crippen molar-refractivity contribution in [3.8, 4) is 0 Å². The molecular formula is C18H28N4O3. The van der Waals surface area contributed by atoms with E-state index in [-0.39, 0.29) is 17.3 Å². The Labute approximate surface area is 148 Å². The number of nitrogens with zero attached hydrogens (tertiary/aromatic N) is 2. The number of fused-ring (bicyclic) bond motifs is 1. The van der Waals surface area contributed by atoms with E-state index in [1.807, 2.05) is 0 Å². The van der Waals surface area contributed by atoms with E-state index in [0.29, 0.717) is 18.2 Å². The third-order valence-corrected chi connectivity index (χ3v) is 5.68. The number of nitrogens with one attached hydrogen (secondary N) is 2. The summed E-state index contributed by atoms with van der Waals surface area (Å²) in [4.78, 5) is 25.1. The Morgan fingerprint density at radius 3 is 3.04 bits per heavy atom. The first-order valence-corrected chi connectivity index (χ1v) is 9.14. The smallest absolute Gasteiger partial charge is 0.333 e. The average Bonchev–Trinajstić information content (AvgIpc) is 3.22. The Balaban J connectivity index is 1.73. The normalized spacial score (nSPS) is 26.1. The highest BCUT2D eigenvalue weighted by Crippen LogP contribution is 2.44. The molecule has 0 bridgehead atoms. The van der Waals surface area contributed by atoms with Gasteiger partial charge in [-0.05, 0) is 46.1 Å². The fourth-order valence-corrected chi connectivity index (χ4v) is 4.04. The number of ether oxygens (including phenoxy) is 1. The molecule has 7 nitrogen and oxygen atoms in total. The quantitative estimate of drug-likeness (QED) is 0.794. The zero-order valence-corrected chi connectivity index (χ0v) is 15.3. The molecule has 0 unspecified atom stereocenters. The van der Waals surface area contributed by atoms with Crippen molar-refractivity contribution < 1.29 is 14.3 Å². The van der Waals surface area contributed by atoms with Gasteiger partial charge in [-0.3, -0.25) is 9.48 Å². The molecule has 1 aliphatic heterocycles. The lowest BCUT2D eigenvalue weighted by Gasteiger charge is -2.36. The fraction of sp³-hybridized carbons (Fsp3) is 0.722. The van der Waals surface area contributed by atoms with Gasteiger partial charge in [0, 0.05) is 12.7 Å². The van der Waals surface area contributed by atoms with Gasteiger partial charge in [0.2, 0.25) is 5.91 Å². The first-order chi connectivity index (χ1) is 11.9. The van der Waals surface area contributed by atoms with Crippen molar-refractivity contribution in [2.24, 2.45) is 11.3 Å². The zero-order chi connectivity index (χ0) is 18.1. The Hall–Kier alpha value is -1.89. The van der Waals surface area contributed by atoms with Crippen molar-refractivity contribution in [1.82, 2.24) is 15.1 Å². The second-order valence-electron chi connectivity index (χ2n) is 7.64. The van der Waals surface area contributed by atoms with Crippen molar-refractivity contribution in [2.75, 3.05) is 25.0 Å². The molecule has 2 fully saturated rings. The van der Waals surface area contributed by atoms with E-state index < -0.39 is 5.54 Å². The van der Waals surface area contributed by atoms with E-state index in [1.54, 1.807) is 37.8 Å². The number of anilines is 1. The minimum absolute atomic E-state index is 0.0655. The standard InChI is InChI=1S/C18H28N4O3/c1-4-25-16(24)17(2,3)22-11-14(10-20-22)21-15(23)18-8-6-5-7-13(18)9-19-12-18/h10-11,13,19H,4-9,12H2,1-3H3,(H,21,23)/t13-,18+/m0/s1. The minimum Gasteiger partial charge on any atom is -0.464 e. The van der Waals surface area contributed by atoms with Crippen molar-refractivity contribution in [3.05, 3.63) is 12.4 Å². The molecule has 1 aromatic heterocycles. The van der Waals surface area contributed by atoms with Gasteiger partial charge in [0.05, 0.1) is 23.9 Å². The van der Waals surface area contributed by atoms with Crippen molar-refractivity contribution in [2.45, 2.75) is 52.0 Å². The molecule has 1 amide bonds. The van der Waals surface area contributed by atoms with Gasteiger partial charge in [0.15, 0.2) is 5.54 Å². The molecule has 2 heterocycles. The van der Waals surface area contributed by atoms with Crippen LogP contribution in [0.1, 0.15) is 46.5 Å². The lowest BCUT2D eigenvalue weighted by atomic mass is 9.67. The second kappa shape index (κ2) is 6.78. The van der Waals surface area contributed by atoms with Gasteiger partial charge < -0.3 is 15.4 Å². The number of carbonyl (C=O) groups excluding carboxylic acids is 2. The molecule has 2 atom stereocenters. The molecule has 0 radical (unpaired) electrons. The molecular weight excluding hydrogens is 320 g/mol. The molecule has 0 spiro atoms. The summed E-state index contributed by atoms with van der Waals surface area (Å²) >= 11 is 0. The summed E-state index contributed by atoms with van der Waals surface area (Å²) in [5.41, 5.74) is -0.607. The number of aromatic nitrogens is 2. The van der Waals surface area contributed by atoms with Gasteiger partial charge in [-0.2, -0.15) is 5.10 Å². The molecule has 1 aliphatic carbocycles. The van der Waals surface area contributed by atoms with E-state index in [1.165, 1.54) is 6.42 Å². The molecule has 25 heavy (non-hydrogen) atoms. The van der Waals surface area contributed by atoms with Crippen LogP contribution in [-0.4, -0.2) is 41.4 Å². The van der Waals surface area contributed by atoms with Gasteiger partial charge in [-0.1, -0.05) is 12.8 Å². The van der Waals surface area contributed by atoms with Gasteiger partial charge in [0.1, 0.15) is 0 Å². The molecule has 7 heteroatoms. The topological polar surface area (TPSA) is 85.2 Å². The summed E-state index contributed by atoms with van der Waals surface area (Å²) in [6, 6.07) is 0. The van der Waals surface area contributed by atoms with Gasteiger partial charge >= 0.3 is 5.97 Å². The van der Waals surface area contributed by atoms with Gasteiger partial charge in [-0.25, -0.2) is 4.79 Å². The number of esters is 1. The molecule has 2 N–H and O–H groups in total. The van der Waals surface area contributed by atoms with Crippen LogP contribution in [0.4, 0.5) is 5.69 Å². The van der Waals surface area contributed by atoms with Crippen LogP contribution in [0.3, 0.4) is 0 Å². The van der Waals surface area contributed by atoms with Crippen molar-refractivity contribution in [1.29, 1.82) is 0 Å². The Bertz CT molecular complexity index is 655. The van der Waals surface area contributed by atoms with Crippen LogP contribution in [0.15, 0.2) is 12.4 Å². The van der Waals surface area contributed by atoms with Crippen LogP contribution in [0.5, 0.6) is 0 Å². The monoisotopic (exact) mass is 348 g/mol. The number of carbonyl (C=O) groups is 2. The third-order valence-electron chi connectivity index (χ3n) is 5.68. The van der Waals surface area contributed by atoms with E-state index in [2.05, 4.69) is 15.7 Å². The lowest BCUT2D eigenvalue weighted by molar-refractivity contribution is -0.152. The molecule has 2 aliphatic rings.